The highest BCUT2D eigenvalue weighted by atomic mass is 16.1. The van der Waals surface area contributed by atoms with E-state index in [9.17, 15) is 4.79 Å². The predicted octanol–water partition coefficient (Wildman–Crippen LogP) is 2.30. The summed E-state index contributed by atoms with van der Waals surface area (Å²) >= 11 is 0. The molecule has 100 valence electrons. The van der Waals surface area contributed by atoms with Crippen LogP contribution < -0.4 is 11.1 Å². The molecule has 1 aliphatic rings. The van der Waals surface area contributed by atoms with Gasteiger partial charge >= 0.3 is 0 Å². The van der Waals surface area contributed by atoms with Crippen molar-refractivity contribution in [1.82, 2.24) is 5.32 Å². The number of amides is 1. The number of nitrogens with one attached hydrogen (secondary N) is 1. The molecule has 0 aromatic heterocycles. The second-order valence-electron chi connectivity index (χ2n) is 6.05. The van der Waals surface area contributed by atoms with Crippen molar-refractivity contribution < 1.29 is 4.79 Å². The van der Waals surface area contributed by atoms with Gasteiger partial charge in [0, 0.05) is 11.5 Å². The van der Waals surface area contributed by atoms with Crippen molar-refractivity contribution in [3.63, 3.8) is 0 Å². The summed E-state index contributed by atoms with van der Waals surface area (Å²) in [7, 11) is 2.02. The molecular formula is C14H28N2O. The van der Waals surface area contributed by atoms with E-state index in [1.807, 2.05) is 14.0 Å². The van der Waals surface area contributed by atoms with Crippen LogP contribution in [0.1, 0.15) is 52.9 Å². The predicted molar refractivity (Wildman–Crippen MR) is 71.6 cm³/mol. The van der Waals surface area contributed by atoms with Crippen molar-refractivity contribution in [2.45, 2.75) is 58.9 Å². The molecule has 1 rings (SSSR count). The van der Waals surface area contributed by atoms with Crippen LogP contribution in [-0.2, 0) is 4.79 Å². The molecule has 3 nitrogen and oxygen atoms in total. The van der Waals surface area contributed by atoms with E-state index in [4.69, 9.17) is 5.73 Å². The van der Waals surface area contributed by atoms with E-state index in [2.05, 4.69) is 19.2 Å². The van der Waals surface area contributed by atoms with Gasteiger partial charge in [-0.25, -0.2) is 0 Å². The van der Waals surface area contributed by atoms with Gasteiger partial charge in [0.05, 0.1) is 0 Å². The Morgan fingerprint density at radius 3 is 2.65 bits per heavy atom. The van der Waals surface area contributed by atoms with E-state index < -0.39 is 0 Å². The molecule has 0 heterocycles. The van der Waals surface area contributed by atoms with Crippen LogP contribution in [0.4, 0.5) is 0 Å². The Morgan fingerprint density at radius 1 is 1.53 bits per heavy atom. The molecule has 1 aliphatic carbocycles. The van der Waals surface area contributed by atoms with Crippen molar-refractivity contribution >= 4 is 5.91 Å². The Morgan fingerprint density at radius 2 is 2.18 bits per heavy atom. The molecule has 0 bridgehead atoms. The van der Waals surface area contributed by atoms with Gasteiger partial charge in [-0.2, -0.15) is 0 Å². The van der Waals surface area contributed by atoms with Crippen molar-refractivity contribution in [2.75, 3.05) is 7.05 Å². The van der Waals surface area contributed by atoms with Gasteiger partial charge in [0.2, 0.25) is 5.91 Å². The van der Waals surface area contributed by atoms with Crippen LogP contribution in [0, 0.1) is 17.3 Å². The summed E-state index contributed by atoms with van der Waals surface area (Å²) in [5, 5.41) is 3.39. The summed E-state index contributed by atoms with van der Waals surface area (Å²) in [6, 6.07) is 0.517. The highest BCUT2D eigenvalue weighted by molar-refractivity contribution is 5.80. The summed E-state index contributed by atoms with van der Waals surface area (Å²) in [5.74, 6) is 1.18. The fraction of sp³-hybridized carbons (Fsp3) is 0.929. The van der Waals surface area contributed by atoms with Crippen LogP contribution in [0.2, 0.25) is 0 Å². The molecule has 17 heavy (non-hydrogen) atoms. The Hall–Kier alpha value is -0.570. The van der Waals surface area contributed by atoms with Gasteiger partial charge in [0.1, 0.15) is 0 Å². The fourth-order valence-electron chi connectivity index (χ4n) is 3.23. The molecular weight excluding hydrogens is 212 g/mol. The maximum atomic E-state index is 11.7. The van der Waals surface area contributed by atoms with Gasteiger partial charge in [-0.1, -0.05) is 27.2 Å². The number of hydrogen-bond donors (Lipinski definition) is 2. The van der Waals surface area contributed by atoms with Crippen LogP contribution in [-0.4, -0.2) is 19.0 Å². The maximum Gasteiger partial charge on any atom is 0.223 e. The van der Waals surface area contributed by atoms with Gasteiger partial charge in [-0.05, 0) is 44.6 Å². The standard InChI is InChI=1S/C14H28N2O/c1-5-11-8-10(2)12(16-4)6-7-14(3,9-11)13(15)17/h10-12,16H,5-9H2,1-4H3,(H2,15,17). The minimum atomic E-state index is -0.310. The quantitative estimate of drug-likeness (QED) is 0.795. The Balaban J connectivity index is 2.84. The van der Waals surface area contributed by atoms with Crippen LogP contribution in [0.15, 0.2) is 0 Å². The normalized spacial score (nSPS) is 39.4. The number of carbonyl (C=O) groups is 1. The third-order valence-electron chi connectivity index (χ3n) is 4.68. The zero-order chi connectivity index (χ0) is 13.1. The van der Waals surface area contributed by atoms with Crippen LogP contribution in [0.5, 0.6) is 0 Å². The molecule has 0 saturated heterocycles. The summed E-state index contributed by atoms with van der Waals surface area (Å²) in [6.07, 6.45) is 5.26. The monoisotopic (exact) mass is 240 g/mol. The molecule has 3 heteroatoms. The first-order valence-electron chi connectivity index (χ1n) is 6.90. The van der Waals surface area contributed by atoms with E-state index >= 15 is 0 Å². The topological polar surface area (TPSA) is 55.1 Å². The lowest BCUT2D eigenvalue weighted by atomic mass is 9.69. The second kappa shape index (κ2) is 5.85. The van der Waals surface area contributed by atoms with Gasteiger partial charge in [-0.15, -0.1) is 0 Å². The average molecular weight is 240 g/mol. The fourth-order valence-corrected chi connectivity index (χ4v) is 3.23. The number of primary amides is 1. The molecule has 0 aromatic carbocycles. The smallest absolute Gasteiger partial charge is 0.223 e. The first-order valence-corrected chi connectivity index (χ1v) is 6.90. The van der Waals surface area contributed by atoms with Crippen molar-refractivity contribution in [1.29, 1.82) is 0 Å². The maximum absolute atomic E-state index is 11.7. The van der Waals surface area contributed by atoms with Crippen molar-refractivity contribution in [3.8, 4) is 0 Å². The minimum Gasteiger partial charge on any atom is -0.369 e. The summed E-state index contributed by atoms with van der Waals surface area (Å²) in [4.78, 5) is 11.7. The number of carbonyl (C=O) groups excluding carboxylic acids is 1. The molecule has 4 unspecified atom stereocenters. The van der Waals surface area contributed by atoms with Crippen LogP contribution >= 0.6 is 0 Å². The first-order chi connectivity index (χ1) is 7.92. The molecule has 0 radical (unpaired) electrons. The summed E-state index contributed by atoms with van der Waals surface area (Å²) in [5.41, 5.74) is 5.29. The lowest BCUT2D eigenvalue weighted by Gasteiger charge is -2.38. The molecule has 0 aromatic rings. The zero-order valence-electron chi connectivity index (χ0n) is 11.8. The third-order valence-corrected chi connectivity index (χ3v) is 4.68. The SMILES string of the molecule is CCC1CC(C)C(NC)CCC(C)(C(N)=O)C1. The van der Waals surface area contributed by atoms with Crippen LogP contribution in [0.25, 0.3) is 0 Å². The van der Waals surface area contributed by atoms with E-state index in [0.29, 0.717) is 17.9 Å². The number of rotatable bonds is 3. The highest BCUT2D eigenvalue weighted by Crippen LogP contribution is 2.39. The molecule has 1 amide bonds. The number of nitrogens with two attached hydrogens (primary N) is 1. The van der Waals surface area contributed by atoms with Gasteiger partial charge in [0.15, 0.2) is 0 Å². The second-order valence-corrected chi connectivity index (χ2v) is 6.05. The highest BCUT2D eigenvalue weighted by Gasteiger charge is 2.37. The average Bonchev–Trinajstić information content (AvgIpc) is 2.26. The Bertz CT molecular complexity index is 267. The zero-order valence-corrected chi connectivity index (χ0v) is 11.8. The third kappa shape index (κ3) is 3.44. The Labute approximate surface area is 106 Å². The summed E-state index contributed by atoms with van der Waals surface area (Å²) < 4.78 is 0. The molecule has 0 aliphatic heterocycles. The lowest BCUT2D eigenvalue weighted by molar-refractivity contribution is -0.128. The van der Waals surface area contributed by atoms with Crippen molar-refractivity contribution in [3.05, 3.63) is 0 Å². The van der Waals surface area contributed by atoms with E-state index in [-0.39, 0.29) is 11.3 Å². The molecule has 3 N–H and O–H groups in total. The molecule has 1 saturated carbocycles. The van der Waals surface area contributed by atoms with Gasteiger partial charge < -0.3 is 11.1 Å². The van der Waals surface area contributed by atoms with E-state index in [1.54, 1.807) is 0 Å². The largest absolute Gasteiger partial charge is 0.369 e. The molecule has 1 fully saturated rings. The summed E-state index contributed by atoms with van der Waals surface area (Å²) in [6.45, 7) is 6.58. The first kappa shape index (κ1) is 14.5. The minimum absolute atomic E-state index is 0.125. The van der Waals surface area contributed by atoms with Gasteiger partial charge in [0.25, 0.3) is 0 Å². The molecule has 0 spiro atoms. The van der Waals surface area contributed by atoms with E-state index in [1.165, 1.54) is 6.42 Å². The molecule has 4 atom stereocenters. The number of hydrogen-bond acceptors (Lipinski definition) is 2. The van der Waals surface area contributed by atoms with Crippen molar-refractivity contribution in [2.24, 2.45) is 23.0 Å². The Kier molecular flexibility index (Phi) is 4.99. The lowest BCUT2D eigenvalue weighted by Crippen LogP contribution is -2.42. The van der Waals surface area contributed by atoms with Crippen LogP contribution in [0.3, 0.4) is 0 Å². The van der Waals surface area contributed by atoms with Gasteiger partial charge in [-0.3, -0.25) is 4.79 Å². The van der Waals surface area contributed by atoms with E-state index in [0.717, 1.165) is 25.7 Å².